The first-order valence-corrected chi connectivity index (χ1v) is 5.68. The number of hydrogen-bond donors (Lipinski definition) is 2. The molecule has 0 spiro atoms. The molecule has 0 bridgehead atoms. The summed E-state index contributed by atoms with van der Waals surface area (Å²) < 4.78 is 0. The Balaban J connectivity index is 0.000000111. The fraction of sp³-hybridized carbons (Fsp3) is 0. The normalized spacial score (nSPS) is 10.2. The molecule has 0 amide bonds. The molecule has 0 radical (unpaired) electrons. The Kier molecular flexibility index (Phi) is 2.75. The highest BCUT2D eigenvalue weighted by molar-refractivity contribution is 5.78. The third kappa shape index (κ3) is 2.08. The summed E-state index contributed by atoms with van der Waals surface area (Å²) >= 11 is 0. The van der Waals surface area contributed by atoms with E-state index in [4.69, 9.17) is 0 Å². The van der Waals surface area contributed by atoms with E-state index in [2.05, 4.69) is 19.9 Å². The van der Waals surface area contributed by atoms with Crippen molar-refractivity contribution in [2.45, 2.75) is 0 Å². The second-order valence-corrected chi connectivity index (χ2v) is 3.88. The molecule has 0 fully saturated rings. The lowest BCUT2D eigenvalue weighted by molar-refractivity contribution is 1.36. The molecule has 0 aliphatic heterocycles. The molecule has 2 N–H and O–H groups in total. The number of hydrogen-bond acceptors (Lipinski definition) is 2. The maximum Gasteiger partial charge on any atom is 0.0484 e. The smallest absolute Gasteiger partial charge is 0.0484 e. The van der Waals surface area contributed by atoms with Crippen LogP contribution in [0.3, 0.4) is 0 Å². The van der Waals surface area contributed by atoms with E-state index in [9.17, 15) is 0 Å². The number of fused-ring (bicyclic) bond motifs is 2. The van der Waals surface area contributed by atoms with Gasteiger partial charge in [0.1, 0.15) is 0 Å². The van der Waals surface area contributed by atoms with Crippen LogP contribution in [0.5, 0.6) is 0 Å². The highest BCUT2D eigenvalue weighted by atomic mass is 14.7. The van der Waals surface area contributed by atoms with Crippen LogP contribution in [0, 0.1) is 0 Å². The predicted octanol–water partition coefficient (Wildman–Crippen LogP) is 3.13. The molecule has 0 aromatic carbocycles. The van der Waals surface area contributed by atoms with Crippen molar-refractivity contribution in [1.29, 1.82) is 0 Å². The number of nitrogens with zero attached hydrogens (tertiary/aromatic N) is 2. The number of pyridine rings is 2. The van der Waals surface area contributed by atoms with Gasteiger partial charge in [0.25, 0.3) is 0 Å². The molecule has 0 atom stereocenters. The van der Waals surface area contributed by atoms with Crippen LogP contribution in [0.15, 0.2) is 61.4 Å². The Labute approximate surface area is 104 Å². The van der Waals surface area contributed by atoms with Crippen molar-refractivity contribution in [3.8, 4) is 0 Å². The Hall–Kier alpha value is -2.62. The van der Waals surface area contributed by atoms with Crippen molar-refractivity contribution in [2.24, 2.45) is 0 Å². The maximum atomic E-state index is 3.97. The van der Waals surface area contributed by atoms with Crippen LogP contribution in [0.25, 0.3) is 21.8 Å². The van der Waals surface area contributed by atoms with Gasteiger partial charge in [-0.15, -0.1) is 0 Å². The Morgan fingerprint density at radius 3 is 1.61 bits per heavy atom. The summed E-state index contributed by atoms with van der Waals surface area (Å²) in [5.41, 5.74) is 2.29. The lowest BCUT2D eigenvalue weighted by atomic mass is 10.3. The standard InChI is InChI=1S/2C7H6N2/c2*1-4-9-7-2-3-8-5-6(1)7/h2*1-5,9H. The average molecular weight is 236 g/mol. The van der Waals surface area contributed by atoms with Crippen LogP contribution in [-0.4, -0.2) is 19.9 Å². The molecule has 4 aromatic heterocycles. The van der Waals surface area contributed by atoms with E-state index in [1.807, 2.05) is 49.1 Å². The van der Waals surface area contributed by atoms with Crippen molar-refractivity contribution >= 4 is 21.8 Å². The van der Waals surface area contributed by atoms with Gasteiger partial charge in [0.2, 0.25) is 0 Å². The summed E-state index contributed by atoms with van der Waals surface area (Å²) in [5.74, 6) is 0. The fourth-order valence-electron chi connectivity index (χ4n) is 1.78. The van der Waals surface area contributed by atoms with E-state index >= 15 is 0 Å². The van der Waals surface area contributed by atoms with Gasteiger partial charge in [0.15, 0.2) is 0 Å². The van der Waals surface area contributed by atoms with Gasteiger partial charge in [0.05, 0.1) is 0 Å². The zero-order valence-electron chi connectivity index (χ0n) is 9.67. The Morgan fingerprint density at radius 1 is 0.667 bits per heavy atom. The first-order valence-electron chi connectivity index (χ1n) is 5.68. The zero-order chi connectivity index (χ0) is 12.2. The fourth-order valence-corrected chi connectivity index (χ4v) is 1.78. The number of aromatic nitrogens is 4. The number of H-pyrrole nitrogens is 2. The monoisotopic (exact) mass is 236 g/mol. The average Bonchev–Trinajstić information content (AvgIpc) is 3.08. The molecule has 0 saturated heterocycles. The molecule has 0 aliphatic rings. The summed E-state index contributed by atoms with van der Waals surface area (Å²) in [4.78, 5) is 14.1. The minimum Gasteiger partial charge on any atom is -0.361 e. The maximum absolute atomic E-state index is 3.97. The molecule has 88 valence electrons. The lowest BCUT2D eigenvalue weighted by Gasteiger charge is -1.82. The summed E-state index contributed by atoms with van der Waals surface area (Å²) in [6.07, 6.45) is 11.0. The quantitative estimate of drug-likeness (QED) is 0.493. The van der Waals surface area contributed by atoms with Crippen LogP contribution in [-0.2, 0) is 0 Å². The summed E-state index contributed by atoms with van der Waals surface area (Å²) in [6.45, 7) is 0. The predicted molar refractivity (Wildman–Crippen MR) is 72.2 cm³/mol. The van der Waals surface area contributed by atoms with Gasteiger partial charge in [-0.25, -0.2) is 0 Å². The number of nitrogens with one attached hydrogen (secondary N) is 2. The minimum atomic E-state index is 1.14. The van der Waals surface area contributed by atoms with Crippen LogP contribution in [0.4, 0.5) is 0 Å². The highest BCUT2D eigenvalue weighted by Gasteiger charge is 1.88. The van der Waals surface area contributed by atoms with E-state index in [-0.39, 0.29) is 0 Å². The van der Waals surface area contributed by atoms with Gasteiger partial charge in [-0.2, -0.15) is 0 Å². The van der Waals surface area contributed by atoms with Crippen molar-refractivity contribution in [2.75, 3.05) is 0 Å². The van der Waals surface area contributed by atoms with Crippen LogP contribution in [0.1, 0.15) is 0 Å². The molecule has 4 heteroatoms. The molecule has 0 saturated carbocycles. The van der Waals surface area contributed by atoms with Crippen molar-refractivity contribution in [1.82, 2.24) is 19.9 Å². The summed E-state index contributed by atoms with van der Waals surface area (Å²) in [7, 11) is 0. The molecule has 4 rings (SSSR count). The van der Waals surface area contributed by atoms with E-state index in [1.54, 1.807) is 12.4 Å². The van der Waals surface area contributed by atoms with Gasteiger partial charge in [-0.1, -0.05) is 0 Å². The third-order valence-electron chi connectivity index (χ3n) is 2.71. The molecule has 4 nitrogen and oxygen atoms in total. The minimum absolute atomic E-state index is 1.14. The largest absolute Gasteiger partial charge is 0.361 e. The van der Waals surface area contributed by atoms with Gasteiger partial charge >= 0.3 is 0 Å². The molecule has 4 heterocycles. The summed E-state index contributed by atoms with van der Waals surface area (Å²) in [5, 5.41) is 2.33. The molecular weight excluding hydrogens is 224 g/mol. The number of aromatic amines is 2. The van der Waals surface area contributed by atoms with Crippen LogP contribution in [0.2, 0.25) is 0 Å². The van der Waals surface area contributed by atoms with Gasteiger partial charge in [0, 0.05) is 59.0 Å². The third-order valence-corrected chi connectivity index (χ3v) is 2.71. The zero-order valence-corrected chi connectivity index (χ0v) is 9.67. The van der Waals surface area contributed by atoms with Crippen molar-refractivity contribution in [3.05, 3.63) is 61.4 Å². The second-order valence-electron chi connectivity index (χ2n) is 3.88. The topological polar surface area (TPSA) is 57.4 Å². The first-order chi connectivity index (χ1) is 8.93. The first kappa shape index (κ1) is 10.5. The van der Waals surface area contributed by atoms with Gasteiger partial charge in [-0.3, -0.25) is 9.97 Å². The highest BCUT2D eigenvalue weighted by Crippen LogP contribution is 2.07. The lowest BCUT2D eigenvalue weighted by Crippen LogP contribution is -1.67. The van der Waals surface area contributed by atoms with Crippen LogP contribution >= 0.6 is 0 Å². The SMILES string of the molecule is c1cc2[nH]ccc2cn1.c1cc2[nH]ccc2cn1. The van der Waals surface area contributed by atoms with E-state index in [0.29, 0.717) is 0 Å². The molecule has 0 unspecified atom stereocenters. The van der Waals surface area contributed by atoms with Crippen molar-refractivity contribution in [3.63, 3.8) is 0 Å². The van der Waals surface area contributed by atoms with E-state index in [1.165, 1.54) is 0 Å². The van der Waals surface area contributed by atoms with Gasteiger partial charge < -0.3 is 9.97 Å². The van der Waals surface area contributed by atoms with Crippen molar-refractivity contribution < 1.29 is 0 Å². The van der Waals surface area contributed by atoms with E-state index < -0.39 is 0 Å². The Morgan fingerprint density at radius 2 is 1.17 bits per heavy atom. The van der Waals surface area contributed by atoms with E-state index in [0.717, 1.165) is 21.8 Å². The second kappa shape index (κ2) is 4.71. The molecule has 0 aliphatic carbocycles. The Bertz CT molecular complexity index is 628. The molecule has 4 aromatic rings. The van der Waals surface area contributed by atoms with Gasteiger partial charge in [-0.05, 0) is 24.3 Å². The number of rotatable bonds is 0. The summed E-state index contributed by atoms with van der Waals surface area (Å²) in [6, 6.07) is 7.91. The molecule has 18 heavy (non-hydrogen) atoms. The van der Waals surface area contributed by atoms with Crippen LogP contribution < -0.4 is 0 Å². The molecular formula is C14H12N4.